The van der Waals surface area contributed by atoms with Gasteiger partial charge in [-0.2, -0.15) is 0 Å². The molecule has 0 fully saturated rings. The molecule has 0 atom stereocenters. The molecule has 1 rings (SSSR count). The maximum Gasteiger partial charge on any atom is 0.191 e. The summed E-state index contributed by atoms with van der Waals surface area (Å²) >= 11 is 0. The van der Waals surface area contributed by atoms with Crippen LogP contribution in [0, 0.1) is 12.3 Å². The third-order valence-corrected chi connectivity index (χ3v) is 0.887. The zero-order valence-electron chi connectivity index (χ0n) is 5.01. The van der Waals surface area contributed by atoms with Gasteiger partial charge in [0.25, 0.3) is 0 Å². The monoisotopic (exact) mass is 125 g/mol. The van der Waals surface area contributed by atoms with E-state index in [0.717, 1.165) is 0 Å². The molecular weight excluding hydrogens is 118 g/mol. The number of nitrogens with two attached hydrogens (primary N) is 1. The number of nitrogens with zero attached hydrogens (tertiary/aromatic N) is 1. The molecule has 0 bridgehead atoms. The van der Waals surface area contributed by atoms with E-state index in [2.05, 4.69) is 4.98 Å². The molecule has 48 valence electrons. The molecule has 3 N–H and O–H groups in total. The molecule has 1 heterocycles. The Morgan fingerprint density at radius 3 is 2.78 bits per heavy atom. The quantitative estimate of drug-likeness (QED) is 0.417. The van der Waals surface area contributed by atoms with E-state index in [9.17, 15) is 0 Å². The van der Waals surface area contributed by atoms with Crippen LogP contribution in [0.4, 0.5) is 0 Å². The van der Waals surface area contributed by atoms with E-state index < -0.39 is 0 Å². The van der Waals surface area contributed by atoms with Gasteiger partial charge in [0.2, 0.25) is 0 Å². The van der Waals surface area contributed by atoms with Crippen molar-refractivity contribution < 1.29 is 4.42 Å². The number of nitrogens with one attached hydrogen (secondary N) is 1. The molecule has 0 aliphatic heterocycles. The largest absolute Gasteiger partial charge is 0.438 e. The first-order valence-corrected chi connectivity index (χ1v) is 2.47. The first kappa shape index (κ1) is 5.81. The number of aryl methyl sites for hydroxylation is 1. The van der Waals surface area contributed by atoms with E-state index >= 15 is 0 Å². The van der Waals surface area contributed by atoms with Gasteiger partial charge in [0.15, 0.2) is 17.5 Å². The van der Waals surface area contributed by atoms with Crippen LogP contribution >= 0.6 is 0 Å². The van der Waals surface area contributed by atoms with Gasteiger partial charge < -0.3 is 10.2 Å². The Morgan fingerprint density at radius 2 is 2.56 bits per heavy atom. The summed E-state index contributed by atoms with van der Waals surface area (Å²) in [4.78, 5) is 3.75. The maximum atomic E-state index is 6.89. The van der Waals surface area contributed by atoms with E-state index in [-0.39, 0.29) is 5.84 Å². The predicted molar refractivity (Wildman–Crippen MR) is 32.3 cm³/mol. The summed E-state index contributed by atoms with van der Waals surface area (Å²) in [6, 6.07) is 0. The molecule has 1 aromatic rings. The summed E-state index contributed by atoms with van der Waals surface area (Å²) in [6.45, 7) is 1.70. The van der Waals surface area contributed by atoms with Crippen LogP contribution in [-0.4, -0.2) is 10.8 Å². The standard InChI is InChI=1S/C5H7N3O/c1-3-8-2-4(9-3)5(6)7/h2H,1H3,(H3,6,7). The second-order valence-corrected chi connectivity index (χ2v) is 1.66. The summed E-state index contributed by atoms with van der Waals surface area (Å²) < 4.78 is 4.88. The number of amidine groups is 1. The molecule has 0 saturated carbocycles. The van der Waals surface area contributed by atoms with Crippen LogP contribution in [0.15, 0.2) is 10.6 Å². The van der Waals surface area contributed by atoms with Crippen molar-refractivity contribution in [2.24, 2.45) is 5.73 Å². The first-order chi connectivity index (χ1) is 4.20. The van der Waals surface area contributed by atoms with Crippen molar-refractivity contribution in [2.45, 2.75) is 6.92 Å². The molecule has 1 aromatic heterocycles. The van der Waals surface area contributed by atoms with Crippen molar-refractivity contribution in [3.63, 3.8) is 0 Å². The second-order valence-electron chi connectivity index (χ2n) is 1.66. The van der Waals surface area contributed by atoms with Crippen molar-refractivity contribution in [2.75, 3.05) is 0 Å². The minimum atomic E-state index is -0.0874. The van der Waals surface area contributed by atoms with Gasteiger partial charge in [-0.3, -0.25) is 5.41 Å². The Hall–Kier alpha value is -1.32. The normalized spacial score (nSPS) is 9.44. The van der Waals surface area contributed by atoms with Crippen molar-refractivity contribution in [1.29, 1.82) is 5.41 Å². The average molecular weight is 125 g/mol. The van der Waals surface area contributed by atoms with E-state index in [0.29, 0.717) is 11.7 Å². The van der Waals surface area contributed by atoms with Gasteiger partial charge in [0.05, 0.1) is 6.20 Å². The van der Waals surface area contributed by atoms with Crippen molar-refractivity contribution in [1.82, 2.24) is 4.98 Å². The predicted octanol–water partition coefficient (Wildman–Crippen LogP) is 0.267. The van der Waals surface area contributed by atoms with Crippen LogP contribution in [0.25, 0.3) is 0 Å². The highest BCUT2D eigenvalue weighted by Crippen LogP contribution is 1.99. The summed E-state index contributed by atoms with van der Waals surface area (Å²) in [5.41, 5.74) is 5.08. The highest BCUT2D eigenvalue weighted by Gasteiger charge is 2.00. The first-order valence-electron chi connectivity index (χ1n) is 2.47. The van der Waals surface area contributed by atoms with E-state index in [4.69, 9.17) is 15.6 Å². The fourth-order valence-corrected chi connectivity index (χ4v) is 0.486. The number of hydrogen-bond donors (Lipinski definition) is 2. The lowest BCUT2D eigenvalue weighted by Crippen LogP contribution is -2.09. The van der Waals surface area contributed by atoms with Crippen molar-refractivity contribution in [3.8, 4) is 0 Å². The highest BCUT2D eigenvalue weighted by atomic mass is 16.4. The van der Waals surface area contributed by atoms with Gasteiger partial charge in [0.1, 0.15) is 0 Å². The zero-order valence-corrected chi connectivity index (χ0v) is 5.01. The van der Waals surface area contributed by atoms with Gasteiger partial charge >= 0.3 is 0 Å². The Balaban J connectivity index is 2.98. The minimum absolute atomic E-state index is 0.0874. The molecule has 0 saturated heterocycles. The number of nitrogen functional groups attached to an aromatic ring is 1. The second kappa shape index (κ2) is 1.89. The Morgan fingerprint density at radius 1 is 1.89 bits per heavy atom. The molecule has 0 aliphatic carbocycles. The summed E-state index contributed by atoms with van der Waals surface area (Å²) in [5, 5.41) is 6.89. The van der Waals surface area contributed by atoms with Crippen LogP contribution in [0.5, 0.6) is 0 Å². The number of aromatic nitrogens is 1. The summed E-state index contributed by atoms with van der Waals surface area (Å²) in [6.07, 6.45) is 1.43. The topological polar surface area (TPSA) is 75.9 Å². The van der Waals surface area contributed by atoms with Crippen molar-refractivity contribution >= 4 is 5.84 Å². The zero-order chi connectivity index (χ0) is 6.85. The van der Waals surface area contributed by atoms with E-state index in [1.165, 1.54) is 6.20 Å². The lowest BCUT2D eigenvalue weighted by Gasteiger charge is -1.85. The molecular formula is C5H7N3O. The van der Waals surface area contributed by atoms with Crippen LogP contribution in [-0.2, 0) is 0 Å². The third-order valence-electron chi connectivity index (χ3n) is 0.887. The number of hydrogen-bond acceptors (Lipinski definition) is 3. The van der Waals surface area contributed by atoms with Gasteiger partial charge in [0, 0.05) is 6.92 Å². The molecule has 4 heteroatoms. The summed E-state index contributed by atoms with van der Waals surface area (Å²) in [7, 11) is 0. The molecule has 0 aliphatic rings. The molecule has 0 unspecified atom stereocenters. The molecule has 0 radical (unpaired) electrons. The van der Waals surface area contributed by atoms with Gasteiger partial charge in [-0.25, -0.2) is 4.98 Å². The van der Waals surface area contributed by atoms with Crippen LogP contribution < -0.4 is 5.73 Å². The van der Waals surface area contributed by atoms with E-state index in [1.807, 2.05) is 0 Å². The number of rotatable bonds is 1. The fourth-order valence-electron chi connectivity index (χ4n) is 0.486. The maximum absolute atomic E-state index is 6.89. The molecule has 9 heavy (non-hydrogen) atoms. The van der Waals surface area contributed by atoms with Gasteiger partial charge in [-0.15, -0.1) is 0 Å². The lowest BCUT2D eigenvalue weighted by atomic mass is 10.5. The summed E-state index contributed by atoms with van der Waals surface area (Å²) in [5.74, 6) is 0.767. The van der Waals surface area contributed by atoms with Crippen LogP contribution in [0.2, 0.25) is 0 Å². The fraction of sp³-hybridized carbons (Fsp3) is 0.200. The van der Waals surface area contributed by atoms with Crippen molar-refractivity contribution in [3.05, 3.63) is 17.8 Å². The van der Waals surface area contributed by atoms with E-state index in [1.54, 1.807) is 6.92 Å². The van der Waals surface area contributed by atoms with Gasteiger partial charge in [-0.05, 0) is 0 Å². The third kappa shape index (κ3) is 1.07. The van der Waals surface area contributed by atoms with Crippen LogP contribution in [0.1, 0.15) is 11.7 Å². The molecule has 0 spiro atoms. The highest BCUT2D eigenvalue weighted by molar-refractivity contribution is 5.91. The Bertz CT molecular complexity index is 228. The molecule has 0 amide bonds. The average Bonchev–Trinajstić information content (AvgIpc) is 2.14. The molecule has 4 nitrogen and oxygen atoms in total. The number of oxazole rings is 1. The SMILES string of the molecule is Cc1ncc(C(=N)N)o1. The van der Waals surface area contributed by atoms with Crippen LogP contribution in [0.3, 0.4) is 0 Å². The lowest BCUT2D eigenvalue weighted by molar-refractivity contribution is 0.512. The smallest absolute Gasteiger partial charge is 0.191 e. The van der Waals surface area contributed by atoms with Gasteiger partial charge in [-0.1, -0.05) is 0 Å². The Kier molecular flexibility index (Phi) is 1.22. The minimum Gasteiger partial charge on any atom is -0.438 e. The molecule has 0 aromatic carbocycles. The Labute approximate surface area is 52.2 Å².